The van der Waals surface area contributed by atoms with E-state index < -0.39 is 0 Å². The highest BCUT2D eigenvalue weighted by molar-refractivity contribution is 5.32. The first-order valence-electron chi connectivity index (χ1n) is 12.3. The summed E-state index contributed by atoms with van der Waals surface area (Å²) in [4.78, 5) is 13.5. The number of hydrogen-bond acceptors (Lipinski definition) is 2. The van der Waals surface area contributed by atoms with E-state index in [4.69, 9.17) is 0 Å². The molecule has 0 aliphatic rings. The van der Waals surface area contributed by atoms with Gasteiger partial charge in [0.15, 0.2) is 0 Å². The predicted octanol–water partition coefficient (Wildman–Crippen LogP) is 8.78. The summed E-state index contributed by atoms with van der Waals surface area (Å²) in [6.07, 6.45) is 29.6. The Bertz CT molecular complexity index is 320. The predicted molar refractivity (Wildman–Crippen MR) is 120 cm³/mol. The van der Waals surface area contributed by atoms with Crippen LogP contribution in [0.2, 0.25) is 0 Å². The summed E-state index contributed by atoms with van der Waals surface area (Å²) >= 11 is 0. The van der Waals surface area contributed by atoms with Crippen molar-refractivity contribution in [1.29, 1.82) is 0 Å². The zero-order valence-electron chi connectivity index (χ0n) is 18.8. The molecule has 0 aliphatic heterocycles. The van der Waals surface area contributed by atoms with Crippen LogP contribution in [0.3, 0.4) is 0 Å². The molecule has 0 aliphatic carbocycles. The Morgan fingerprint density at radius 2 is 0.815 bits per heavy atom. The van der Waals surface area contributed by atoms with Gasteiger partial charge in [-0.25, -0.2) is 9.79 Å². The SMILES string of the molecule is CC(C)CCCCCCCCCCCCCCCCCCCCCN=C=O. The molecule has 0 unspecified atom stereocenters. The molecule has 0 N–H and O–H groups in total. The van der Waals surface area contributed by atoms with Crippen LogP contribution in [0.4, 0.5) is 0 Å². The first-order chi connectivity index (χ1) is 13.3. The van der Waals surface area contributed by atoms with Gasteiger partial charge in [0.1, 0.15) is 0 Å². The fraction of sp³-hybridized carbons (Fsp3) is 0.960. The Labute approximate surface area is 171 Å². The van der Waals surface area contributed by atoms with Gasteiger partial charge in [0, 0.05) is 0 Å². The van der Waals surface area contributed by atoms with Crippen LogP contribution in [0.25, 0.3) is 0 Å². The van der Waals surface area contributed by atoms with Gasteiger partial charge in [-0.2, -0.15) is 0 Å². The second kappa shape index (κ2) is 23.4. The van der Waals surface area contributed by atoms with Gasteiger partial charge >= 0.3 is 0 Å². The number of rotatable bonds is 22. The van der Waals surface area contributed by atoms with Gasteiger partial charge in [0.25, 0.3) is 0 Å². The Morgan fingerprint density at radius 3 is 1.11 bits per heavy atom. The van der Waals surface area contributed by atoms with E-state index >= 15 is 0 Å². The number of unbranched alkanes of at least 4 members (excludes halogenated alkanes) is 18. The molecule has 0 radical (unpaired) electrons. The van der Waals surface area contributed by atoms with Gasteiger partial charge in [-0.15, -0.1) is 0 Å². The summed E-state index contributed by atoms with van der Waals surface area (Å²) in [5.41, 5.74) is 0. The van der Waals surface area contributed by atoms with E-state index in [9.17, 15) is 4.79 Å². The highest BCUT2D eigenvalue weighted by Gasteiger charge is 1.96. The van der Waals surface area contributed by atoms with E-state index in [1.807, 2.05) is 0 Å². The first-order valence-corrected chi connectivity index (χ1v) is 12.3. The lowest BCUT2D eigenvalue weighted by Crippen LogP contribution is -1.87. The van der Waals surface area contributed by atoms with Gasteiger partial charge < -0.3 is 0 Å². The number of nitrogens with zero attached hydrogens (tertiary/aromatic N) is 1. The molecule has 0 saturated carbocycles. The van der Waals surface area contributed by atoms with Crippen LogP contribution in [-0.4, -0.2) is 12.6 Å². The van der Waals surface area contributed by atoms with Crippen molar-refractivity contribution in [2.24, 2.45) is 10.9 Å². The molecule has 160 valence electrons. The van der Waals surface area contributed by atoms with Crippen molar-refractivity contribution in [3.8, 4) is 0 Å². The molecule has 2 heteroatoms. The summed E-state index contributed by atoms with van der Waals surface area (Å²) in [5.74, 6) is 0.886. The van der Waals surface area contributed by atoms with Crippen molar-refractivity contribution in [1.82, 2.24) is 0 Å². The lowest BCUT2D eigenvalue weighted by atomic mass is 10.0. The van der Waals surface area contributed by atoms with Crippen LogP contribution in [0, 0.1) is 5.92 Å². The molecule has 0 aromatic rings. The monoisotopic (exact) mass is 379 g/mol. The third-order valence-electron chi connectivity index (χ3n) is 5.62. The zero-order valence-corrected chi connectivity index (χ0v) is 18.8. The quantitative estimate of drug-likeness (QED) is 0.105. The molecule has 0 heterocycles. The number of hydrogen-bond donors (Lipinski definition) is 0. The van der Waals surface area contributed by atoms with Crippen LogP contribution < -0.4 is 0 Å². The molecule has 2 nitrogen and oxygen atoms in total. The Kier molecular flexibility index (Phi) is 22.9. The number of carbonyl (C=O) groups excluding carboxylic acids is 1. The smallest absolute Gasteiger partial charge is 0.211 e. The first kappa shape index (κ1) is 26.4. The summed E-state index contributed by atoms with van der Waals surface area (Å²) in [7, 11) is 0. The van der Waals surface area contributed by atoms with Crippen molar-refractivity contribution in [2.75, 3.05) is 6.54 Å². The molecule has 27 heavy (non-hydrogen) atoms. The summed E-state index contributed by atoms with van der Waals surface area (Å²) in [5, 5.41) is 0. The van der Waals surface area contributed by atoms with Crippen LogP contribution in [0.5, 0.6) is 0 Å². The fourth-order valence-corrected chi connectivity index (χ4v) is 3.79. The van der Waals surface area contributed by atoms with E-state index in [2.05, 4.69) is 18.8 Å². The van der Waals surface area contributed by atoms with Crippen molar-refractivity contribution in [3.63, 3.8) is 0 Å². The molecule has 0 rings (SSSR count). The molecule has 0 spiro atoms. The molecule has 0 saturated heterocycles. The summed E-state index contributed by atoms with van der Waals surface area (Å²) in [6, 6.07) is 0. The normalized spacial score (nSPS) is 11.1. The third-order valence-corrected chi connectivity index (χ3v) is 5.62. The van der Waals surface area contributed by atoms with Gasteiger partial charge in [-0.3, -0.25) is 0 Å². The minimum absolute atomic E-state index is 0.669. The average molecular weight is 380 g/mol. The Morgan fingerprint density at radius 1 is 0.519 bits per heavy atom. The van der Waals surface area contributed by atoms with Crippen molar-refractivity contribution < 1.29 is 4.79 Å². The summed E-state index contributed by atoms with van der Waals surface area (Å²) < 4.78 is 0. The molecule has 0 atom stereocenters. The lowest BCUT2D eigenvalue weighted by molar-refractivity contribution is 0.501. The standard InChI is InChI=1S/C25H49NO/c1-25(2)22-20-18-16-14-12-10-8-6-4-3-5-7-9-11-13-15-17-19-21-23-26-24-27/h25H,3-23H2,1-2H3. The molecule has 0 bridgehead atoms. The minimum atomic E-state index is 0.669. The largest absolute Gasteiger partial charge is 0.234 e. The maximum absolute atomic E-state index is 9.93. The minimum Gasteiger partial charge on any atom is -0.211 e. The molecule has 0 aromatic heterocycles. The van der Waals surface area contributed by atoms with E-state index in [-0.39, 0.29) is 0 Å². The zero-order chi connectivity index (χ0) is 19.8. The molecule has 0 amide bonds. The van der Waals surface area contributed by atoms with Crippen molar-refractivity contribution >= 4 is 6.08 Å². The van der Waals surface area contributed by atoms with Gasteiger partial charge in [0.2, 0.25) is 6.08 Å². The van der Waals surface area contributed by atoms with Crippen LogP contribution >= 0.6 is 0 Å². The Hall–Kier alpha value is -0.620. The molecular formula is C25H49NO. The van der Waals surface area contributed by atoms with Crippen LogP contribution in [0.15, 0.2) is 4.99 Å². The molecular weight excluding hydrogens is 330 g/mol. The second-order valence-corrected chi connectivity index (χ2v) is 8.87. The topological polar surface area (TPSA) is 29.4 Å². The highest BCUT2D eigenvalue weighted by atomic mass is 16.1. The fourth-order valence-electron chi connectivity index (χ4n) is 3.79. The van der Waals surface area contributed by atoms with Crippen molar-refractivity contribution in [2.45, 2.75) is 142 Å². The molecule has 0 aromatic carbocycles. The van der Waals surface area contributed by atoms with E-state index in [0.717, 1.165) is 12.3 Å². The maximum atomic E-state index is 9.93. The summed E-state index contributed by atoms with van der Waals surface area (Å²) in [6.45, 7) is 5.33. The molecule has 0 fully saturated rings. The maximum Gasteiger partial charge on any atom is 0.234 e. The van der Waals surface area contributed by atoms with E-state index in [0.29, 0.717) is 6.54 Å². The Balaban J connectivity index is 3.00. The van der Waals surface area contributed by atoms with Gasteiger partial charge in [-0.1, -0.05) is 136 Å². The second-order valence-electron chi connectivity index (χ2n) is 8.87. The average Bonchev–Trinajstić information content (AvgIpc) is 2.65. The van der Waals surface area contributed by atoms with Gasteiger partial charge in [-0.05, 0) is 12.3 Å². The van der Waals surface area contributed by atoms with Crippen molar-refractivity contribution in [3.05, 3.63) is 0 Å². The highest BCUT2D eigenvalue weighted by Crippen LogP contribution is 2.15. The van der Waals surface area contributed by atoms with Gasteiger partial charge in [0.05, 0.1) is 6.54 Å². The van der Waals surface area contributed by atoms with Crippen LogP contribution in [-0.2, 0) is 4.79 Å². The van der Waals surface area contributed by atoms with E-state index in [1.165, 1.54) is 122 Å². The number of aliphatic imine (C=N–C) groups is 1. The lowest BCUT2D eigenvalue weighted by Gasteiger charge is -2.05. The van der Waals surface area contributed by atoms with Crippen LogP contribution in [0.1, 0.15) is 142 Å². The third kappa shape index (κ3) is 25.4. The van der Waals surface area contributed by atoms with E-state index in [1.54, 1.807) is 6.08 Å². The number of isocyanates is 1.